The van der Waals surface area contributed by atoms with E-state index < -0.39 is 9.93 Å². The first-order chi connectivity index (χ1) is 16.3. The molecule has 5 aromatic rings. The van der Waals surface area contributed by atoms with Gasteiger partial charge in [-0.3, -0.25) is 8.78 Å². The van der Waals surface area contributed by atoms with Crippen LogP contribution in [0, 0.1) is 0 Å². The fourth-order valence-corrected chi connectivity index (χ4v) is 5.76. The first kappa shape index (κ1) is 23.1. The lowest BCUT2D eigenvalue weighted by atomic mass is 10.1. The summed E-state index contributed by atoms with van der Waals surface area (Å²) in [6, 6.07) is 23.8. The third-order valence-corrected chi connectivity index (χ3v) is 8.69. The highest BCUT2D eigenvalue weighted by atomic mass is 35.5. The van der Waals surface area contributed by atoms with Crippen molar-refractivity contribution in [3.8, 4) is 39.5 Å². The van der Waals surface area contributed by atoms with Gasteiger partial charge in [0.25, 0.3) is 0 Å². The number of benzene rings is 3. The van der Waals surface area contributed by atoms with Crippen LogP contribution in [-0.4, -0.2) is 26.3 Å². The number of rotatable bonds is 5. The molecule has 7 heteroatoms. The molecule has 0 atom stereocenters. The Labute approximate surface area is 214 Å². The van der Waals surface area contributed by atoms with Gasteiger partial charge < -0.3 is 0 Å². The van der Waals surface area contributed by atoms with Gasteiger partial charge in [0, 0.05) is 33.3 Å². The summed E-state index contributed by atoms with van der Waals surface area (Å²) in [6.07, 6.45) is 5.61. The quantitative estimate of drug-likeness (QED) is 0.237. The lowest BCUT2D eigenvalue weighted by Crippen LogP contribution is -2.06. The Hall–Kier alpha value is -2.70. The van der Waals surface area contributed by atoms with E-state index in [0.717, 1.165) is 44.4 Å². The molecule has 3 nitrogen and oxygen atoms in total. The minimum absolute atomic E-state index is 0.477. The molecule has 0 aliphatic rings. The van der Waals surface area contributed by atoms with Gasteiger partial charge in [0.1, 0.15) is 5.82 Å². The average Bonchev–Trinajstić information content (AvgIpc) is 3.51. The zero-order chi connectivity index (χ0) is 23.9. The van der Waals surface area contributed by atoms with Gasteiger partial charge in [0.2, 0.25) is 0 Å². The fraction of sp³-hybridized carbons (Fsp3) is 0.0741. The largest absolute Gasteiger partial charge is 0.299 e. The Balaban J connectivity index is 1.60. The third-order valence-electron chi connectivity index (χ3n) is 5.66. The van der Waals surface area contributed by atoms with Gasteiger partial charge in [-0.15, -0.1) is 0 Å². The number of halogens is 2. The highest BCUT2D eigenvalue weighted by Gasteiger charge is 2.17. The van der Waals surface area contributed by atoms with E-state index >= 15 is 0 Å². The van der Waals surface area contributed by atoms with E-state index in [1.54, 1.807) is 29.9 Å². The number of aromatic nitrogens is 2. The van der Waals surface area contributed by atoms with E-state index in [-0.39, 0.29) is 0 Å². The number of hydrogen-bond donors (Lipinski definition) is 1. The van der Waals surface area contributed by atoms with Crippen molar-refractivity contribution in [2.75, 3.05) is 12.5 Å². The summed E-state index contributed by atoms with van der Waals surface area (Å²) in [5.74, 6) is 0.723. The smallest absolute Gasteiger partial charge is 0.146 e. The third kappa shape index (κ3) is 4.49. The normalized spacial score (nSPS) is 12.1. The van der Waals surface area contributed by atoms with E-state index in [4.69, 9.17) is 28.2 Å². The molecule has 0 fully saturated rings. The maximum atomic E-state index is 12.5. The zero-order valence-corrected chi connectivity index (χ0v) is 21.8. The van der Waals surface area contributed by atoms with Crippen molar-refractivity contribution in [3.63, 3.8) is 0 Å². The summed E-state index contributed by atoms with van der Waals surface area (Å²) in [4.78, 5) is 5.79. The Morgan fingerprint density at radius 1 is 0.882 bits per heavy atom. The lowest BCUT2D eigenvalue weighted by Gasteiger charge is -2.14. The second-order valence-electron chi connectivity index (χ2n) is 8.38. The molecule has 5 rings (SSSR count). The predicted octanol–water partition coefficient (Wildman–Crippen LogP) is 7.88. The predicted molar refractivity (Wildman–Crippen MR) is 147 cm³/mol. The van der Waals surface area contributed by atoms with E-state index in [2.05, 4.69) is 35.7 Å². The standard InChI is InChI=1S/C27H22Cl2N2OS2/c1-34(2,32)22-6-3-5-19(15-22)18-9-11-21(12-10-18)31-16-25(20-13-14-33-17-20)30-27(31)23-7-4-8-24(28)26(23)29/h3-17,34H,1-2H3. The van der Waals surface area contributed by atoms with Crippen molar-refractivity contribution in [2.45, 2.75) is 4.90 Å². The van der Waals surface area contributed by atoms with Crippen LogP contribution in [0.25, 0.3) is 39.5 Å². The van der Waals surface area contributed by atoms with Gasteiger partial charge in [0.15, 0.2) is 0 Å². The first-order valence-electron chi connectivity index (χ1n) is 10.6. The molecule has 0 aliphatic carbocycles. The van der Waals surface area contributed by atoms with Crippen LogP contribution in [0.4, 0.5) is 0 Å². The Bertz CT molecular complexity index is 1520. The molecule has 34 heavy (non-hydrogen) atoms. The topological polar surface area (TPSA) is 34.9 Å². The van der Waals surface area contributed by atoms with Gasteiger partial charge in [-0.2, -0.15) is 11.3 Å². The average molecular weight is 526 g/mol. The van der Waals surface area contributed by atoms with Crippen LogP contribution < -0.4 is 0 Å². The molecule has 0 radical (unpaired) electrons. The van der Waals surface area contributed by atoms with Gasteiger partial charge >= 0.3 is 0 Å². The van der Waals surface area contributed by atoms with Crippen molar-refractivity contribution in [1.82, 2.24) is 9.55 Å². The molecule has 0 bridgehead atoms. The molecule has 3 aromatic carbocycles. The molecule has 2 aromatic heterocycles. The van der Waals surface area contributed by atoms with Crippen molar-refractivity contribution in [3.05, 3.63) is 99.8 Å². The molecule has 0 spiro atoms. The summed E-state index contributed by atoms with van der Waals surface area (Å²) in [6.45, 7) is 0. The molecule has 0 aliphatic heterocycles. The minimum Gasteiger partial charge on any atom is -0.299 e. The summed E-state index contributed by atoms with van der Waals surface area (Å²) in [5.41, 5.74) is 5.74. The van der Waals surface area contributed by atoms with Crippen LogP contribution >= 0.6 is 34.5 Å². The molecule has 0 unspecified atom stereocenters. The Morgan fingerprint density at radius 3 is 2.35 bits per heavy atom. The van der Waals surface area contributed by atoms with Crippen LogP contribution in [0.1, 0.15) is 0 Å². The van der Waals surface area contributed by atoms with Crippen LogP contribution in [0.5, 0.6) is 0 Å². The number of nitrogens with zero attached hydrogens (tertiary/aromatic N) is 2. The maximum absolute atomic E-state index is 12.5. The van der Waals surface area contributed by atoms with Crippen molar-refractivity contribution in [2.24, 2.45) is 0 Å². The first-order valence-corrected chi connectivity index (χ1v) is 14.9. The van der Waals surface area contributed by atoms with Gasteiger partial charge in [-0.25, -0.2) is 4.98 Å². The highest BCUT2D eigenvalue weighted by molar-refractivity contribution is 8.01. The number of hydrogen-bond acceptors (Lipinski definition) is 3. The molecular formula is C27H22Cl2N2OS2. The van der Waals surface area contributed by atoms with E-state index in [0.29, 0.717) is 10.0 Å². The van der Waals surface area contributed by atoms with E-state index in [9.17, 15) is 4.21 Å². The monoisotopic (exact) mass is 524 g/mol. The molecular weight excluding hydrogens is 503 g/mol. The SMILES string of the molecule is C[SH](C)(=O)c1cccc(-c2ccc(-n3cc(-c4ccsc4)nc3-c3cccc(Cl)c3Cl)cc2)c1. The zero-order valence-electron chi connectivity index (χ0n) is 18.6. The van der Waals surface area contributed by atoms with Crippen molar-refractivity contribution < 1.29 is 4.21 Å². The van der Waals surface area contributed by atoms with Crippen molar-refractivity contribution in [1.29, 1.82) is 0 Å². The molecule has 2 heterocycles. The van der Waals surface area contributed by atoms with Gasteiger partial charge in [-0.05, 0) is 71.5 Å². The van der Waals surface area contributed by atoms with Crippen LogP contribution in [0.3, 0.4) is 0 Å². The summed E-state index contributed by atoms with van der Waals surface area (Å²) >= 11 is 14.5. The molecule has 172 valence electrons. The van der Waals surface area contributed by atoms with E-state index in [1.165, 1.54) is 0 Å². The maximum Gasteiger partial charge on any atom is 0.146 e. The van der Waals surface area contributed by atoms with Crippen LogP contribution in [0.2, 0.25) is 10.0 Å². The molecule has 0 N–H and O–H groups in total. The molecule has 0 amide bonds. The fourth-order valence-electron chi connectivity index (χ4n) is 3.83. The van der Waals surface area contributed by atoms with E-state index in [1.807, 2.05) is 52.5 Å². The van der Waals surface area contributed by atoms with Crippen LogP contribution in [-0.2, 0) is 9.93 Å². The Kier molecular flexibility index (Phi) is 6.21. The minimum atomic E-state index is -2.33. The number of thiol groups is 1. The van der Waals surface area contributed by atoms with Gasteiger partial charge in [-0.1, -0.05) is 63.5 Å². The van der Waals surface area contributed by atoms with Crippen molar-refractivity contribution >= 4 is 44.5 Å². The van der Waals surface area contributed by atoms with Crippen LogP contribution in [0.15, 0.2) is 94.6 Å². The molecule has 0 saturated heterocycles. The number of thiophene rings is 1. The van der Waals surface area contributed by atoms with Gasteiger partial charge in [0.05, 0.1) is 15.7 Å². The highest BCUT2D eigenvalue weighted by Crippen LogP contribution is 2.36. The molecule has 0 saturated carbocycles. The second-order valence-corrected chi connectivity index (χ2v) is 13.2. The number of imidazole rings is 1. The Morgan fingerprint density at radius 2 is 1.65 bits per heavy atom. The second kappa shape index (κ2) is 9.16. The summed E-state index contributed by atoms with van der Waals surface area (Å²) in [7, 11) is -2.33. The lowest BCUT2D eigenvalue weighted by molar-refractivity contribution is 0.678. The summed E-state index contributed by atoms with van der Waals surface area (Å²) in [5, 5.41) is 5.08. The summed E-state index contributed by atoms with van der Waals surface area (Å²) < 4.78 is 14.6.